The minimum atomic E-state index is -2.82. The molecule has 0 saturated carbocycles. The molecule has 2 aliphatic rings. The van der Waals surface area contributed by atoms with Crippen molar-refractivity contribution in [3.8, 4) is 0 Å². The Labute approximate surface area is 85.1 Å². The van der Waals surface area contributed by atoms with E-state index in [-0.39, 0.29) is 5.25 Å². The predicted molar refractivity (Wildman–Crippen MR) is 54.0 cm³/mol. The molecule has 0 aliphatic carbocycles. The Balaban J connectivity index is 1.79. The van der Waals surface area contributed by atoms with E-state index in [0.29, 0.717) is 6.10 Å². The van der Waals surface area contributed by atoms with E-state index < -0.39 is 9.84 Å². The number of epoxide rings is 1. The average molecular weight is 219 g/mol. The smallest absolute Gasteiger partial charge is 0.150 e. The lowest BCUT2D eigenvalue weighted by Crippen LogP contribution is -2.40. The monoisotopic (exact) mass is 219 g/mol. The molecule has 0 radical (unpaired) electrons. The summed E-state index contributed by atoms with van der Waals surface area (Å²) in [6.07, 6.45) is 3.33. The summed E-state index contributed by atoms with van der Waals surface area (Å²) >= 11 is 0. The lowest BCUT2D eigenvalue weighted by atomic mass is 10.1. The van der Waals surface area contributed by atoms with Gasteiger partial charge < -0.3 is 9.64 Å². The molecule has 0 aromatic heterocycles. The van der Waals surface area contributed by atoms with Gasteiger partial charge in [-0.15, -0.1) is 0 Å². The maximum atomic E-state index is 11.3. The van der Waals surface area contributed by atoms with E-state index in [1.54, 1.807) is 0 Å². The average Bonchev–Trinajstić information content (AvgIpc) is 2.88. The van der Waals surface area contributed by atoms with Crippen LogP contribution in [0.4, 0.5) is 0 Å². The zero-order valence-corrected chi connectivity index (χ0v) is 9.29. The first-order chi connectivity index (χ1) is 6.55. The van der Waals surface area contributed by atoms with Crippen LogP contribution in [-0.4, -0.2) is 57.2 Å². The molecular weight excluding hydrogens is 202 g/mol. The molecule has 2 heterocycles. The highest BCUT2D eigenvalue weighted by atomic mass is 32.2. The van der Waals surface area contributed by atoms with Gasteiger partial charge in [-0.05, 0) is 25.9 Å². The van der Waals surface area contributed by atoms with E-state index in [0.717, 1.165) is 39.1 Å². The van der Waals surface area contributed by atoms with E-state index in [4.69, 9.17) is 4.74 Å². The van der Waals surface area contributed by atoms with Crippen molar-refractivity contribution in [3.05, 3.63) is 0 Å². The zero-order valence-electron chi connectivity index (χ0n) is 8.48. The third-order valence-electron chi connectivity index (χ3n) is 3.00. The summed E-state index contributed by atoms with van der Waals surface area (Å²) in [6.45, 7) is 3.66. The molecule has 0 unspecified atom stereocenters. The van der Waals surface area contributed by atoms with E-state index in [9.17, 15) is 8.42 Å². The Morgan fingerprint density at radius 1 is 1.36 bits per heavy atom. The number of sulfone groups is 1. The summed E-state index contributed by atoms with van der Waals surface area (Å²) in [5.74, 6) is 0. The van der Waals surface area contributed by atoms with Crippen molar-refractivity contribution in [2.45, 2.75) is 24.2 Å². The van der Waals surface area contributed by atoms with Crippen LogP contribution in [0.3, 0.4) is 0 Å². The van der Waals surface area contributed by atoms with Gasteiger partial charge in [-0.2, -0.15) is 0 Å². The molecule has 0 aromatic carbocycles. The quantitative estimate of drug-likeness (QED) is 0.622. The van der Waals surface area contributed by atoms with Crippen molar-refractivity contribution >= 4 is 9.84 Å². The second-order valence-electron chi connectivity index (χ2n) is 4.28. The molecule has 82 valence electrons. The zero-order chi connectivity index (χ0) is 10.2. The van der Waals surface area contributed by atoms with Crippen LogP contribution in [0.15, 0.2) is 0 Å². The molecule has 2 fully saturated rings. The molecule has 0 amide bonds. The highest BCUT2D eigenvalue weighted by molar-refractivity contribution is 7.91. The number of likely N-dealkylation sites (tertiary alicyclic amines) is 1. The molecule has 2 saturated heterocycles. The molecule has 5 heteroatoms. The third-order valence-corrected chi connectivity index (χ3v) is 4.69. The second-order valence-corrected chi connectivity index (χ2v) is 6.61. The molecule has 4 nitrogen and oxygen atoms in total. The minimum absolute atomic E-state index is 0.112. The lowest BCUT2D eigenvalue weighted by Gasteiger charge is -2.30. The second kappa shape index (κ2) is 3.79. The van der Waals surface area contributed by atoms with Crippen LogP contribution in [0.2, 0.25) is 0 Å². The first-order valence-corrected chi connectivity index (χ1v) is 7.04. The van der Waals surface area contributed by atoms with Gasteiger partial charge in [0.2, 0.25) is 0 Å². The van der Waals surface area contributed by atoms with Crippen molar-refractivity contribution in [1.82, 2.24) is 4.90 Å². The number of rotatable bonds is 3. The maximum Gasteiger partial charge on any atom is 0.150 e. The topological polar surface area (TPSA) is 49.9 Å². The van der Waals surface area contributed by atoms with Gasteiger partial charge in [0.1, 0.15) is 9.84 Å². The molecule has 0 N–H and O–H groups in total. The SMILES string of the molecule is CS(=O)(=O)C1CCN(C[C@H]2CO2)CC1. The van der Waals surface area contributed by atoms with Crippen molar-refractivity contribution in [2.24, 2.45) is 0 Å². The molecule has 14 heavy (non-hydrogen) atoms. The summed E-state index contributed by atoms with van der Waals surface area (Å²) in [5, 5.41) is -0.112. The molecule has 0 bridgehead atoms. The highest BCUT2D eigenvalue weighted by Crippen LogP contribution is 2.19. The van der Waals surface area contributed by atoms with Crippen LogP contribution >= 0.6 is 0 Å². The predicted octanol–water partition coefficient (Wildman–Crippen LogP) is -0.106. The summed E-state index contributed by atoms with van der Waals surface area (Å²) in [4.78, 5) is 2.30. The van der Waals surface area contributed by atoms with Gasteiger partial charge in [-0.3, -0.25) is 0 Å². The maximum absolute atomic E-state index is 11.3. The van der Waals surface area contributed by atoms with Gasteiger partial charge in [-0.25, -0.2) is 8.42 Å². The Morgan fingerprint density at radius 3 is 2.36 bits per heavy atom. The molecule has 0 aromatic rings. The summed E-state index contributed by atoms with van der Waals surface area (Å²) < 4.78 is 27.7. The fourth-order valence-electron chi connectivity index (χ4n) is 1.98. The van der Waals surface area contributed by atoms with Gasteiger partial charge in [-0.1, -0.05) is 0 Å². The van der Waals surface area contributed by atoms with Gasteiger partial charge >= 0.3 is 0 Å². The normalized spacial score (nSPS) is 30.5. The third kappa shape index (κ3) is 2.68. The Kier molecular flexibility index (Phi) is 2.81. The fourth-order valence-corrected chi connectivity index (χ4v) is 3.05. The number of hydrogen-bond acceptors (Lipinski definition) is 4. The largest absolute Gasteiger partial charge is 0.372 e. The number of nitrogens with zero attached hydrogens (tertiary/aromatic N) is 1. The van der Waals surface area contributed by atoms with Gasteiger partial charge in [0.25, 0.3) is 0 Å². The Hall–Kier alpha value is -0.130. The van der Waals surface area contributed by atoms with Crippen molar-refractivity contribution in [3.63, 3.8) is 0 Å². The lowest BCUT2D eigenvalue weighted by molar-refractivity contribution is 0.208. The molecule has 2 rings (SSSR count). The summed E-state index contributed by atoms with van der Waals surface area (Å²) in [6, 6.07) is 0. The summed E-state index contributed by atoms with van der Waals surface area (Å²) in [7, 11) is -2.82. The molecular formula is C9H17NO3S. The number of hydrogen-bond donors (Lipinski definition) is 0. The van der Waals surface area contributed by atoms with Gasteiger partial charge in [0.15, 0.2) is 0 Å². The van der Waals surface area contributed by atoms with E-state index in [2.05, 4.69) is 4.90 Å². The van der Waals surface area contributed by atoms with Gasteiger partial charge in [0, 0.05) is 12.8 Å². The van der Waals surface area contributed by atoms with Crippen LogP contribution < -0.4 is 0 Å². The van der Waals surface area contributed by atoms with E-state index in [1.165, 1.54) is 6.26 Å². The van der Waals surface area contributed by atoms with Crippen LogP contribution in [0, 0.1) is 0 Å². The van der Waals surface area contributed by atoms with Crippen LogP contribution in [0.5, 0.6) is 0 Å². The van der Waals surface area contributed by atoms with Crippen molar-refractivity contribution in [1.29, 1.82) is 0 Å². The van der Waals surface area contributed by atoms with Crippen LogP contribution in [-0.2, 0) is 14.6 Å². The first kappa shape index (κ1) is 10.4. The van der Waals surface area contributed by atoms with E-state index >= 15 is 0 Å². The van der Waals surface area contributed by atoms with E-state index in [1.807, 2.05) is 0 Å². The number of piperidine rings is 1. The first-order valence-electron chi connectivity index (χ1n) is 5.08. The van der Waals surface area contributed by atoms with Crippen molar-refractivity contribution in [2.75, 3.05) is 32.5 Å². The number of ether oxygens (including phenoxy) is 1. The highest BCUT2D eigenvalue weighted by Gasteiger charge is 2.30. The van der Waals surface area contributed by atoms with Crippen molar-refractivity contribution < 1.29 is 13.2 Å². The Morgan fingerprint density at radius 2 is 1.93 bits per heavy atom. The summed E-state index contributed by atoms with van der Waals surface area (Å²) in [5.41, 5.74) is 0. The standard InChI is InChI=1S/C9H17NO3S/c1-14(11,12)9-2-4-10(5-3-9)6-8-7-13-8/h8-9H,2-7H2,1H3/t8-/m0/s1. The Bertz CT molecular complexity index is 289. The van der Waals surface area contributed by atoms with Gasteiger partial charge in [0.05, 0.1) is 18.0 Å². The fraction of sp³-hybridized carbons (Fsp3) is 1.00. The minimum Gasteiger partial charge on any atom is -0.372 e. The molecule has 0 spiro atoms. The molecule has 2 aliphatic heterocycles. The molecule has 1 atom stereocenters. The van der Waals surface area contributed by atoms with Crippen LogP contribution in [0.1, 0.15) is 12.8 Å². The van der Waals surface area contributed by atoms with Crippen LogP contribution in [0.25, 0.3) is 0 Å².